The molecular weight excluding hydrogens is 509 g/mol. The number of rotatable bonds is 8. The van der Waals surface area contributed by atoms with Gasteiger partial charge in [0.05, 0.1) is 11.6 Å². The third kappa shape index (κ3) is 7.70. The van der Waals surface area contributed by atoms with Gasteiger partial charge in [0.2, 0.25) is 0 Å². The van der Waals surface area contributed by atoms with Crippen LogP contribution in [0.3, 0.4) is 0 Å². The molecule has 0 aliphatic carbocycles. The number of hydrogen-bond donors (Lipinski definition) is 3. The molecule has 6 nitrogen and oxygen atoms in total. The number of piperidine rings is 1. The molecule has 0 bridgehead atoms. The first-order chi connectivity index (χ1) is 14.2. The lowest BCUT2D eigenvalue weighted by Crippen LogP contribution is -2.38. The van der Waals surface area contributed by atoms with Gasteiger partial charge in [-0.1, -0.05) is 12.1 Å². The first kappa shape index (κ1) is 24.9. The molecule has 0 saturated carbocycles. The topological polar surface area (TPSA) is 72.8 Å². The first-order valence-electron chi connectivity index (χ1n) is 10.6. The second-order valence-corrected chi connectivity index (χ2v) is 8.84. The number of nitrogens with zero attached hydrogens (tertiary/aromatic N) is 3. The highest BCUT2D eigenvalue weighted by Crippen LogP contribution is 2.23. The van der Waals surface area contributed by atoms with Crippen LogP contribution in [0.2, 0.25) is 0 Å². The van der Waals surface area contributed by atoms with E-state index in [0.29, 0.717) is 19.1 Å². The predicted molar refractivity (Wildman–Crippen MR) is 137 cm³/mol. The average molecular weight is 544 g/mol. The number of aliphatic hydroxyl groups is 1. The Morgan fingerprint density at radius 1 is 1.23 bits per heavy atom. The Balaban J connectivity index is 0.00000320. The number of aliphatic imine (C=N–C) groups is 1. The van der Waals surface area contributed by atoms with Crippen LogP contribution in [-0.4, -0.2) is 48.8 Å². The fourth-order valence-corrected chi connectivity index (χ4v) is 4.29. The molecule has 1 saturated heterocycles. The van der Waals surface area contributed by atoms with Crippen LogP contribution < -0.4 is 15.5 Å². The van der Waals surface area contributed by atoms with Crippen molar-refractivity contribution in [2.45, 2.75) is 39.7 Å². The second-order valence-electron chi connectivity index (χ2n) is 7.52. The number of anilines is 1. The summed E-state index contributed by atoms with van der Waals surface area (Å²) in [4.78, 5) is 12.8. The van der Waals surface area contributed by atoms with Gasteiger partial charge in [-0.25, -0.2) is 9.98 Å². The lowest BCUT2D eigenvalue weighted by molar-refractivity contribution is 0.203. The molecule has 3 N–H and O–H groups in total. The zero-order valence-electron chi connectivity index (χ0n) is 17.9. The highest BCUT2D eigenvalue weighted by Gasteiger charge is 2.18. The molecule has 0 radical (unpaired) electrons. The SMILES string of the molecule is CCNC(=NCc1ccc(N2CCC(CO)CC2)cc1)NCCc1ncc(C)s1.I. The van der Waals surface area contributed by atoms with Gasteiger partial charge in [0.15, 0.2) is 5.96 Å². The molecule has 0 spiro atoms. The molecule has 1 aliphatic heterocycles. The predicted octanol–water partition coefficient (Wildman–Crippen LogP) is 3.58. The number of benzene rings is 1. The normalized spacial score (nSPS) is 15.0. The van der Waals surface area contributed by atoms with Gasteiger partial charge in [0.25, 0.3) is 0 Å². The Morgan fingerprint density at radius 3 is 2.57 bits per heavy atom. The molecule has 0 amide bonds. The average Bonchev–Trinajstić information content (AvgIpc) is 3.17. The molecule has 3 rings (SSSR count). The van der Waals surface area contributed by atoms with Crippen molar-refractivity contribution >= 4 is 47.0 Å². The lowest BCUT2D eigenvalue weighted by atomic mass is 9.97. The Kier molecular flexibility index (Phi) is 10.9. The van der Waals surface area contributed by atoms with Crippen molar-refractivity contribution in [2.75, 3.05) is 37.7 Å². The van der Waals surface area contributed by atoms with Gasteiger partial charge in [0, 0.05) is 56.0 Å². The van der Waals surface area contributed by atoms with E-state index in [1.807, 2.05) is 6.20 Å². The molecule has 0 atom stereocenters. The molecule has 1 fully saturated rings. The van der Waals surface area contributed by atoms with Crippen LogP contribution in [0.25, 0.3) is 0 Å². The molecule has 0 unspecified atom stereocenters. The maximum Gasteiger partial charge on any atom is 0.191 e. The van der Waals surface area contributed by atoms with Crippen molar-refractivity contribution in [2.24, 2.45) is 10.9 Å². The molecule has 2 heterocycles. The van der Waals surface area contributed by atoms with Crippen LogP contribution in [0.1, 0.15) is 35.2 Å². The number of hydrogen-bond acceptors (Lipinski definition) is 5. The van der Waals surface area contributed by atoms with Crippen LogP contribution in [0, 0.1) is 12.8 Å². The van der Waals surface area contributed by atoms with Crippen LogP contribution in [0.15, 0.2) is 35.5 Å². The van der Waals surface area contributed by atoms with E-state index in [4.69, 9.17) is 4.99 Å². The molecule has 166 valence electrons. The molecular formula is C22H34IN5OS. The van der Waals surface area contributed by atoms with Crippen molar-refractivity contribution in [1.29, 1.82) is 0 Å². The summed E-state index contributed by atoms with van der Waals surface area (Å²) in [5.74, 6) is 1.31. The van der Waals surface area contributed by atoms with Crippen LogP contribution >= 0.6 is 35.3 Å². The zero-order valence-corrected chi connectivity index (χ0v) is 21.1. The maximum atomic E-state index is 9.30. The van der Waals surface area contributed by atoms with Crippen LogP contribution in [-0.2, 0) is 13.0 Å². The largest absolute Gasteiger partial charge is 0.396 e. The van der Waals surface area contributed by atoms with Gasteiger partial charge in [-0.2, -0.15) is 0 Å². The summed E-state index contributed by atoms with van der Waals surface area (Å²) < 4.78 is 0. The quantitative estimate of drug-likeness (QED) is 0.270. The van der Waals surface area contributed by atoms with E-state index < -0.39 is 0 Å². The van der Waals surface area contributed by atoms with E-state index in [1.54, 1.807) is 11.3 Å². The third-order valence-electron chi connectivity index (χ3n) is 5.24. The van der Waals surface area contributed by atoms with Gasteiger partial charge >= 0.3 is 0 Å². The van der Waals surface area contributed by atoms with Crippen molar-refractivity contribution in [1.82, 2.24) is 15.6 Å². The van der Waals surface area contributed by atoms with E-state index in [0.717, 1.165) is 56.4 Å². The lowest BCUT2D eigenvalue weighted by Gasteiger charge is -2.32. The van der Waals surface area contributed by atoms with Crippen molar-refractivity contribution in [3.63, 3.8) is 0 Å². The standard InChI is InChI=1S/C22H33N5OS.HI/c1-3-23-22(24-11-8-21-25-14-17(2)29-21)26-15-18-4-6-20(7-5-18)27-12-9-19(16-28)10-13-27;/h4-7,14,19,28H,3,8-13,15-16H2,1-2H3,(H2,23,24,26);1H. The summed E-state index contributed by atoms with van der Waals surface area (Å²) in [7, 11) is 0. The minimum Gasteiger partial charge on any atom is -0.396 e. The van der Waals surface area contributed by atoms with Gasteiger partial charge in [-0.15, -0.1) is 35.3 Å². The number of aryl methyl sites for hydroxylation is 1. The maximum absolute atomic E-state index is 9.30. The highest BCUT2D eigenvalue weighted by atomic mass is 127. The molecule has 8 heteroatoms. The fourth-order valence-electron chi connectivity index (χ4n) is 3.50. The van der Waals surface area contributed by atoms with Gasteiger partial charge < -0.3 is 20.6 Å². The second kappa shape index (κ2) is 13.1. The number of guanidine groups is 1. The minimum atomic E-state index is 0. The van der Waals surface area contributed by atoms with Crippen molar-refractivity contribution < 1.29 is 5.11 Å². The Bertz CT molecular complexity index is 772. The molecule has 1 aromatic carbocycles. The number of aromatic nitrogens is 1. The van der Waals surface area contributed by atoms with Crippen LogP contribution in [0.5, 0.6) is 0 Å². The molecule has 1 aliphatic rings. The van der Waals surface area contributed by atoms with E-state index in [1.165, 1.54) is 16.1 Å². The van der Waals surface area contributed by atoms with Crippen molar-refractivity contribution in [3.8, 4) is 0 Å². The van der Waals surface area contributed by atoms with Crippen molar-refractivity contribution in [3.05, 3.63) is 45.9 Å². The smallest absolute Gasteiger partial charge is 0.191 e. The number of halogens is 1. The molecule has 1 aromatic heterocycles. The van der Waals surface area contributed by atoms with E-state index in [2.05, 4.69) is 58.6 Å². The third-order valence-corrected chi connectivity index (χ3v) is 6.21. The van der Waals surface area contributed by atoms with E-state index in [-0.39, 0.29) is 24.0 Å². The molecule has 30 heavy (non-hydrogen) atoms. The van der Waals surface area contributed by atoms with E-state index in [9.17, 15) is 5.11 Å². The summed E-state index contributed by atoms with van der Waals surface area (Å²) in [6.45, 7) is 8.84. The number of nitrogens with one attached hydrogen (secondary N) is 2. The number of thiazole rings is 1. The molecule has 2 aromatic rings. The van der Waals surface area contributed by atoms with Gasteiger partial charge in [0.1, 0.15) is 0 Å². The first-order valence-corrected chi connectivity index (χ1v) is 11.4. The highest BCUT2D eigenvalue weighted by molar-refractivity contribution is 14.0. The Morgan fingerprint density at radius 2 is 1.97 bits per heavy atom. The summed E-state index contributed by atoms with van der Waals surface area (Å²) in [6, 6.07) is 8.71. The van der Waals surface area contributed by atoms with Gasteiger partial charge in [-0.3, -0.25) is 0 Å². The summed E-state index contributed by atoms with van der Waals surface area (Å²) in [5, 5.41) is 17.2. The van der Waals surface area contributed by atoms with Crippen LogP contribution in [0.4, 0.5) is 5.69 Å². The van der Waals surface area contributed by atoms with Gasteiger partial charge in [-0.05, 0) is 50.3 Å². The Hall–Kier alpha value is -1.39. The summed E-state index contributed by atoms with van der Waals surface area (Å²) in [6.07, 6.45) is 4.98. The summed E-state index contributed by atoms with van der Waals surface area (Å²) >= 11 is 1.75. The monoisotopic (exact) mass is 543 g/mol. The Labute approximate surface area is 201 Å². The number of aliphatic hydroxyl groups excluding tert-OH is 1. The minimum absolute atomic E-state index is 0. The van der Waals surface area contributed by atoms with E-state index >= 15 is 0 Å². The fraction of sp³-hybridized carbons (Fsp3) is 0.545. The summed E-state index contributed by atoms with van der Waals surface area (Å²) in [5.41, 5.74) is 2.46. The zero-order chi connectivity index (χ0) is 20.5.